The summed E-state index contributed by atoms with van der Waals surface area (Å²) in [5.74, 6) is -0.683. The minimum atomic E-state index is -0.853. The highest BCUT2D eigenvalue weighted by Crippen LogP contribution is 2.30. The first-order chi connectivity index (χ1) is 18.9. The molecule has 5 rings (SSSR count). The number of aromatic nitrogens is 6. The molecule has 0 spiro atoms. The average Bonchev–Trinajstić information content (AvgIpc) is 3.58. The minimum Gasteiger partial charge on any atom is -0.339 e. The van der Waals surface area contributed by atoms with Gasteiger partial charge in [-0.25, -0.2) is 18.7 Å². The number of halogens is 2. The number of carbonyl (C=O) groups excluding carboxylic acids is 1. The Morgan fingerprint density at radius 2 is 2.05 bits per heavy atom. The van der Waals surface area contributed by atoms with Crippen LogP contribution in [0.3, 0.4) is 0 Å². The molecule has 39 heavy (non-hydrogen) atoms. The normalized spacial score (nSPS) is 14.7. The van der Waals surface area contributed by atoms with Gasteiger partial charge in [-0.15, -0.1) is 0 Å². The fourth-order valence-electron chi connectivity index (χ4n) is 4.83. The van der Waals surface area contributed by atoms with Gasteiger partial charge in [0.2, 0.25) is 5.95 Å². The lowest BCUT2D eigenvalue weighted by Gasteiger charge is -2.33. The number of piperidine rings is 1. The number of rotatable bonds is 8. The Morgan fingerprint density at radius 3 is 2.77 bits per heavy atom. The van der Waals surface area contributed by atoms with Crippen LogP contribution in [0.25, 0.3) is 11.3 Å². The minimum absolute atomic E-state index is 0.121. The second-order valence-electron chi connectivity index (χ2n) is 9.59. The lowest BCUT2D eigenvalue weighted by molar-refractivity contribution is 0.0674. The Balaban J connectivity index is 1.22. The van der Waals surface area contributed by atoms with Crippen molar-refractivity contribution < 1.29 is 13.6 Å². The van der Waals surface area contributed by atoms with Crippen molar-refractivity contribution in [2.75, 3.05) is 18.4 Å². The molecule has 1 aliphatic heterocycles. The van der Waals surface area contributed by atoms with Crippen molar-refractivity contribution in [3.8, 4) is 17.3 Å². The Kier molecular flexibility index (Phi) is 7.58. The molecule has 1 N–H and O–H groups in total. The van der Waals surface area contributed by atoms with Gasteiger partial charge in [-0.1, -0.05) is 0 Å². The summed E-state index contributed by atoms with van der Waals surface area (Å²) in [6.07, 6.45) is 9.52. The highest BCUT2D eigenvalue weighted by molar-refractivity contribution is 5.94. The number of carbonyl (C=O) groups is 1. The number of likely N-dealkylation sites (tertiary alicyclic amines) is 1. The van der Waals surface area contributed by atoms with E-state index in [4.69, 9.17) is 0 Å². The number of nitrogens with one attached hydrogen (secondary N) is 1. The summed E-state index contributed by atoms with van der Waals surface area (Å²) in [5.41, 5.74) is 1.36. The molecule has 1 unspecified atom stereocenters. The van der Waals surface area contributed by atoms with E-state index in [0.717, 1.165) is 37.0 Å². The molecule has 12 heteroatoms. The van der Waals surface area contributed by atoms with Gasteiger partial charge in [0.05, 0.1) is 36.0 Å². The maximum Gasteiger partial charge on any atom is 0.256 e. The first-order valence-corrected chi connectivity index (χ1v) is 12.6. The molecule has 10 nitrogen and oxygen atoms in total. The van der Waals surface area contributed by atoms with Crippen molar-refractivity contribution in [2.24, 2.45) is 13.0 Å². The fourth-order valence-corrected chi connectivity index (χ4v) is 4.83. The molecular formula is C27H27F2N9O. The highest BCUT2D eigenvalue weighted by Gasteiger charge is 2.28. The predicted molar refractivity (Wildman–Crippen MR) is 139 cm³/mol. The molecule has 1 fully saturated rings. The lowest BCUT2D eigenvalue weighted by Crippen LogP contribution is -2.39. The smallest absolute Gasteiger partial charge is 0.256 e. The van der Waals surface area contributed by atoms with Crippen molar-refractivity contribution in [3.05, 3.63) is 72.3 Å². The van der Waals surface area contributed by atoms with Crippen LogP contribution >= 0.6 is 0 Å². The molecule has 4 aromatic rings. The summed E-state index contributed by atoms with van der Waals surface area (Å²) in [6, 6.07) is 8.74. The number of hydrogen-bond acceptors (Lipinski definition) is 7. The second-order valence-corrected chi connectivity index (χ2v) is 9.59. The maximum atomic E-state index is 14.1. The first kappa shape index (κ1) is 26.0. The molecule has 0 aliphatic carbocycles. The summed E-state index contributed by atoms with van der Waals surface area (Å²) in [4.78, 5) is 23.2. The number of anilines is 2. The van der Waals surface area contributed by atoms with Crippen molar-refractivity contribution in [2.45, 2.75) is 31.7 Å². The number of benzene rings is 1. The third-order valence-electron chi connectivity index (χ3n) is 6.88. The maximum absolute atomic E-state index is 14.1. The lowest BCUT2D eigenvalue weighted by atomic mass is 9.89. The van der Waals surface area contributed by atoms with Crippen LogP contribution in [0.15, 0.2) is 55.1 Å². The quantitative estimate of drug-likeness (QED) is 0.356. The van der Waals surface area contributed by atoms with E-state index >= 15 is 0 Å². The number of nitrogens with zero attached hydrogens (tertiary/aromatic N) is 8. The topological polar surface area (TPSA) is 118 Å². The molecular weight excluding hydrogens is 504 g/mol. The zero-order valence-corrected chi connectivity index (χ0v) is 21.3. The molecule has 1 atom stereocenters. The SMILES string of the molecule is Cn1ccc(Nc2nccc(-c3cnn(C(CC#N)CC4CCN(C(=O)c5ccc(F)cc5F)CC4)c3)n2)n1. The number of hydrogen-bond donors (Lipinski definition) is 1. The Labute approximate surface area is 223 Å². The molecule has 1 saturated heterocycles. The van der Waals surface area contributed by atoms with Crippen LogP contribution in [0.5, 0.6) is 0 Å². The number of nitriles is 1. The van der Waals surface area contributed by atoms with Crippen molar-refractivity contribution in [3.63, 3.8) is 0 Å². The predicted octanol–water partition coefficient (Wildman–Crippen LogP) is 4.49. The van der Waals surface area contributed by atoms with Gasteiger partial charge >= 0.3 is 0 Å². The molecule has 1 aliphatic rings. The third kappa shape index (κ3) is 6.09. The van der Waals surface area contributed by atoms with Gasteiger partial charge in [0, 0.05) is 56.4 Å². The van der Waals surface area contributed by atoms with E-state index < -0.39 is 17.5 Å². The van der Waals surface area contributed by atoms with Gasteiger partial charge in [0.15, 0.2) is 5.82 Å². The molecule has 3 aromatic heterocycles. The van der Waals surface area contributed by atoms with Crippen LogP contribution in [0.2, 0.25) is 0 Å². The van der Waals surface area contributed by atoms with E-state index in [2.05, 4.69) is 31.6 Å². The zero-order valence-electron chi connectivity index (χ0n) is 21.3. The van der Waals surface area contributed by atoms with E-state index in [9.17, 15) is 18.8 Å². The Bertz CT molecular complexity index is 1500. The van der Waals surface area contributed by atoms with Crippen molar-refractivity contribution in [1.82, 2.24) is 34.4 Å². The standard InChI is InChI=1S/C27H27F2N9O/c1-36-11-8-25(35-36)34-27-31-10-5-24(33-27)19-16-32-38(17-19)21(4-9-30)14-18-6-12-37(13-7-18)26(39)22-3-2-20(28)15-23(22)29/h2-3,5,8,10-11,15-18,21H,4,6-7,12-14H2,1H3,(H,31,33,34,35). The molecule has 0 radical (unpaired) electrons. The molecule has 4 heterocycles. The van der Waals surface area contributed by atoms with E-state index in [0.29, 0.717) is 30.5 Å². The third-order valence-corrected chi connectivity index (χ3v) is 6.88. The fraction of sp³-hybridized carbons (Fsp3) is 0.333. The van der Waals surface area contributed by atoms with Crippen LogP contribution in [0.4, 0.5) is 20.5 Å². The van der Waals surface area contributed by atoms with Gasteiger partial charge in [-0.05, 0) is 43.4 Å². The first-order valence-electron chi connectivity index (χ1n) is 12.6. The summed E-state index contributed by atoms with van der Waals surface area (Å²) >= 11 is 0. The molecule has 0 bridgehead atoms. The van der Waals surface area contributed by atoms with Crippen LogP contribution < -0.4 is 5.32 Å². The van der Waals surface area contributed by atoms with Crippen LogP contribution in [-0.4, -0.2) is 53.4 Å². The zero-order chi connectivity index (χ0) is 27.4. The monoisotopic (exact) mass is 531 g/mol. The summed E-state index contributed by atoms with van der Waals surface area (Å²) in [5, 5.41) is 21.4. The van der Waals surface area contributed by atoms with Crippen molar-refractivity contribution >= 4 is 17.7 Å². The largest absolute Gasteiger partial charge is 0.339 e. The molecule has 1 amide bonds. The van der Waals surface area contributed by atoms with E-state index in [1.165, 1.54) is 6.07 Å². The van der Waals surface area contributed by atoms with Crippen LogP contribution in [-0.2, 0) is 7.05 Å². The summed E-state index contributed by atoms with van der Waals surface area (Å²) in [6.45, 7) is 0.938. The van der Waals surface area contributed by atoms with Gasteiger partial charge in [0.25, 0.3) is 5.91 Å². The van der Waals surface area contributed by atoms with Gasteiger partial charge in [-0.3, -0.25) is 14.2 Å². The van der Waals surface area contributed by atoms with Crippen LogP contribution in [0, 0.1) is 28.9 Å². The van der Waals surface area contributed by atoms with Crippen molar-refractivity contribution in [1.29, 1.82) is 5.26 Å². The molecule has 200 valence electrons. The van der Waals surface area contributed by atoms with Gasteiger partial charge in [-0.2, -0.15) is 15.5 Å². The van der Waals surface area contributed by atoms with E-state index in [1.54, 1.807) is 32.7 Å². The summed E-state index contributed by atoms with van der Waals surface area (Å²) < 4.78 is 30.8. The van der Waals surface area contributed by atoms with Gasteiger partial charge < -0.3 is 10.2 Å². The van der Waals surface area contributed by atoms with Gasteiger partial charge in [0.1, 0.15) is 11.6 Å². The van der Waals surface area contributed by atoms with Crippen LogP contribution in [0.1, 0.15) is 42.1 Å². The number of aryl methyl sites for hydroxylation is 1. The van der Waals surface area contributed by atoms with E-state index in [1.807, 2.05) is 25.5 Å². The Hall–Kier alpha value is -4.66. The molecule has 1 aromatic carbocycles. The summed E-state index contributed by atoms with van der Waals surface area (Å²) in [7, 11) is 1.83. The van der Waals surface area contributed by atoms with E-state index in [-0.39, 0.29) is 23.9 Å². The highest BCUT2D eigenvalue weighted by atomic mass is 19.1. The molecule has 0 saturated carbocycles. The Morgan fingerprint density at radius 1 is 1.23 bits per heavy atom. The second kappa shape index (κ2) is 11.4. The number of amides is 1. The average molecular weight is 532 g/mol.